The Morgan fingerprint density at radius 1 is 1.60 bits per heavy atom. The second-order valence-corrected chi connectivity index (χ2v) is 0.283. The van der Waals surface area contributed by atoms with Gasteiger partial charge in [-0.15, -0.1) is 0 Å². The van der Waals surface area contributed by atoms with Crippen LogP contribution in [-0.2, 0) is 0 Å². The van der Waals surface area contributed by atoms with Gasteiger partial charge in [-0.2, -0.15) is 0 Å². The molecule has 0 amide bonds. The van der Waals surface area contributed by atoms with Gasteiger partial charge in [0, 0.05) is 1.43 Å². The van der Waals surface area contributed by atoms with Crippen LogP contribution in [0.3, 0.4) is 0 Å². The normalized spacial score (nSPS) is 4.80. The summed E-state index contributed by atoms with van der Waals surface area (Å²) in [7, 11) is 0. The van der Waals surface area contributed by atoms with Gasteiger partial charge in [-0.25, -0.2) is 4.79 Å². The summed E-state index contributed by atoms with van der Waals surface area (Å²) in [6, 6.07) is 0. The van der Waals surface area contributed by atoms with Crippen LogP contribution in [0.2, 0.25) is 0 Å². The summed E-state index contributed by atoms with van der Waals surface area (Å²) in [6.07, 6.45) is -1.83. The molecule has 5 heavy (non-hydrogen) atoms. The Morgan fingerprint density at radius 2 is 1.60 bits per heavy atom. The van der Waals surface area contributed by atoms with Crippen molar-refractivity contribution in [1.29, 1.82) is 0 Å². The zero-order chi connectivity index (χ0) is 3.58. The summed E-state index contributed by atoms with van der Waals surface area (Å²) in [4.78, 5) is 8.56. The summed E-state index contributed by atoms with van der Waals surface area (Å²) in [6.45, 7) is 0. The first kappa shape index (κ1) is 9.32. The van der Waals surface area contributed by atoms with E-state index in [0.29, 0.717) is 0 Å². The molecule has 0 bridgehead atoms. The molecule has 0 aromatic heterocycles. The average Bonchev–Trinajstić information content (AvgIpc) is 0.811. The molecule has 0 atom stereocenters. The first-order valence-electron chi connectivity index (χ1n) is 0.651. The van der Waals surface area contributed by atoms with Crippen molar-refractivity contribution in [3.63, 3.8) is 0 Å². The average molecular weight is 103 g/mol. The summed E-state index contributed by atoms with van der Waals surface area (Å²) in [5.41, 5.74) is 0. The number of hydrogen-bond donors (Lipinski definition) is 2. The van der Waals surface area contributed by atoms with Crippen LogP contribution in [0.1, 0.15) is 1.43 Å². The number of rotatable bonds is 0. The zero-order valence-corrected chi connectivity index (χ0v) is 1.80. The van der Waals surface area contributed by atoms with Gasteiger partial charge in [-0.3, -0.25) is 0 Å². The molecule has 0 aliphatic carbocycles. The van der Waals surface area contributed by atoms with Crippen LogP contribution in [0.15, 0.2) is 0 Å². The van der Waals surface area contributed by atoms with Crippen molar-refractivity contribution >= 4 is 57.5 Å². The molecule has 0 aromatic carbocycles. The van der Waals surface area contributed by atoms with Crippen LogP contribution in [0, 0.1) is 0 Å². The molecule has 0 spiro atoms. The molecule has 3 nitrogen and oxygen atoms in total. The van der Waals surface area contributed by atoms with E-state index in [1.165, 1.54) is 0 Å². The predicted molar refractivity (Wildman–Crippen MR) is 18.9 cm³/mol. The summed E-state index contributed by atoms with van der Waals surface area (Å²) >= 11 is 0. The van der Waals surface area contributed by atoms with E-state index in [4.69, 9.17) is 15.0 Å². The molecule has 0 fully saturated rings. The maximum absolute atomic E-state index is 8.56. The number of hydrogen-bond acceptors (Lipinski definition) is 1. The molecular formula is CH4KO3. The van der Waals surface area contributed by atoms with Crippen molar-refractivity contribution in [2.24, 2.45) is 0 Å². The van der Waals surface area contributed by atoms with Crippen LogP contribution in [0.4, 0.5) is 4.79 Å². The topological polar surface area (TPSA) is 57.5 Å². The molecule has 4 heteroatoms. The summed E-state index contributed by atoms with van der Waals surface area (Å²) < 4.78 is 0. The fourth-order valence-electron chi connectivity index (χ4n) is 0. The SMILES string of the molecule is O=C(O)O.[H].[KH]. The molecule has 1 radical (unpaired) electrons. The predicted octanol–water partition coefficient (Wildman–Crippen LogP) is -0.314. The van der Waals surface area contributed by atoms with E-state index in [-0.39, 0.29) is 52.8 Å². The van der Waals surface area contributed by atoms with E-state index in [1.54, 1.807) is 0 Å². The van der Waals surface area contributed by atoms with Gasteiger partial charge < -0.3 is 10.2 Å². The second-order valence-electron chi connectivity index (χ2n) is 0.283. The third kappa shape index (κ3) is 50.4. The molecule has 27 valence electrons. The van der Waals surface area contributed by atoms with Gasteiger partial charge >= 0.3 is 57.5 Å². The first-order chi connectivity index (χ1) is 1.73. The molecule has 0 saturated carbocycles. The Balaban J connectivity index is -0.0000000450. The zero-order valence-electron chi connectivity index (χ0n) is 2.80. The summed E-state index contributed by atoms with van der Waals surface area (Å²) in [5, 5.41) is 13.9. The minimum atomic E-state index is -1.83. The van der Waals surface area contributed by atoms with Crippen LogP contribution in [0.25, 0.3) is 0 Å². The van der Waals surface area contributed by atoms with E-state index >= 15 is 0 Å². The van der Waals surface area contributed by atoms with Crippen molar-refractivity contribution in [2.75, 3.05) is 0 Å². The third-order valence-corrected chi connectivity index (χ3v) is 0. The van der Waals surface area contributed by atoms with E-state index in [1.807, 2.05) is 0 Å². The van der Waals surface area contributed by atoms with Crippen molar-refractivity contribution < 1.29 is 16.4 Å². The molecule has 2 N–H and O–H groups in total. The van der Waals surface area contributed by atoms with Crippen molar-refractivity contribution in [3.05, 3.63) is 0 Å². The van der Waals surface area contributed by atoms with Crippen molar-refractivity contribution in [1.82, 2.24) is 0 Å². The maximum atomic E-state index is 8.56. The Hall–Kier alpha value is 0.906. The van der Waals surface area contributed by atoms with Crippen LogP contribution < -0.4 is 0 Å². The molecule has 0 aromatic rings. The van der Waals surface area contributed by atoms with Gasteiger partial charge in [-0.1, -0.05) is 0 Å². The second kappa shape index (κ2) is 4.91. The van der Waals surface area contributed by atoms with E-state index in [2.05, 4.69) is 0 Å². The molecule has 0 heterocycles. The van der Waals surface area contributed by atoms with Crippen LogP contribution in [0.5, 0.6) is 0 Å². The number of carbonyl (C=O) groups is 1. The molecule has 0 saturated heterocycles. The van der Waals surface area contributed by atoms with Gasteiger partial charge in [0.15, 0.2) is 0 Å². The van der Waals surface area contributed by atoms with E-state index < -0.39 is 6.16 Å². The fraction of sp³-hybridized carbons (Fsp3) is 0. The van der Waals surface area contributed by atoms with Gasteiger partial charge in [-0.05, 0) is 0 Å². The van der Waals surface area contributed by atoms with Crippen LogP contribution >= 0.6 is 0 Å². The van der Waals surface area contributed by atoms with Crippen LogP contribution in [-0.4, -0.2) is 67.8 Å². The Kier molecular flexibility index (Phi) is 9.14. The standard InChI is InChI=1S/CH2O3.K.2H/c2-1(3)4;;;/h(H2,2,3,4);;;. The van der Waals surface area contributed by atoms with Crippen molar-refractivity contribution in [3.8, 4) is 0 Å². The monoisotopic (exact) mass is 103 g/mol. The van der Waals surface area contributed by atoms with Gasteiger partial charge in [0.2, 0.25) is 0 Å². The molecule has 0 aliphatic heterocycles. The quantitative estimate of drug-likeness (QED) is 0.413. The third-order valence-electron chi connectivity index (χ3n) is 0. The fourth-order valence-corrected chi connectivity index (χ4v) is 0. The van der Waals surface area contributed by atoms with Crippen molar-refractivity contribution in [2.45, 2.75) is 0 Å². The molecule has 0 aliphatic rings. The first-order valence-corrected chi connectivity index (χ1v) is 0.651. The Labute approximate surface area is 72.9 Å². The Morgan fingerprint density at radius 3 is 1.60 bits per heavy atom. The number of carboxylic acid groups (broad SMARTS) is 2. The molecular weight excluding hydrogens is 99.1 g/mol. The van der Waals surface area contributed by atoms with E-state index in [0.717, 1.165) is 0 Å². The van der Waals surface area contributed by atoms with Gasteiger partial charge in [0.05, 0.1) is 0 Å². The van der Waals surface area contributed by atoms with Gasteiger partial charge in [0.25, 0.3) is 0 Å². The van der Waals surface area contributed by atoms with Gasteiger partial charge in [0.1, 0.15) is 0 Å². The molecule has 0 unspecified atom stereocenters. The Bertz CT molecular complexity index is 33.8. The summed E-state index contributed by atoms with van der Waals surface area (Å²) in [5.74, 6) is 0. The minimum absolute atomic E-state index is 0. The molecule has 0 rings (SSSR count). The van der Waals surface area contributed by atoms with E-state index in [9.17, 15) is 0 Å².